The molecule has 106 valence electrons. The van der Waals surface area contributed by atoms with Gasteiger partial charge in [-0.25, -0.2) is 0 Å². The Hall–Kier alpha value is -0.0800. The van der Waals surface area contributed by atoms with E-state index in [1.165, 1.54) is 32.1 Å². The Bertz CT molecular complexity index is 118. The first-order valence-electron chi connectivity index (χ1n) is 7.30. The van der Waals surface area contributed by atoms with Gasteiger partial charge in [0.1, 0.15) is 0 Å². The first kappa shape index (κ1) is 19.3. The van der Waals surface area contributed by atoms with Crippen LogP contribution >= 0.6 is 0 Å². The molecule has 0 aromatic carbocycles. The van der Waals surface area contributed by atoms with Gasteiger partial charge in [0.05, 0.1) is 0 Å². The average Bonchev–Trinajstić information content (AvgIpc) is 2.29. The smallest absolute Gasteiger partial charge is 0.0456 e. The summed E-state index contributed by atoms with van der Waals surface area (Å²) in [7, 11) is 0. The molecule has 0 saturated carbocycles. The lowest BCUT2D eigenvalue weighted by Gasteiger charge is -2.08. The van der Waals surface area contributed by atoms with Crippen LogP contribution in [0.4, 0.5) is 0 Å². The summed E-state index contributed by atoms with van der Waals surface area (Å²) >= 11 is 0. The highest BCUT2D eigenvalue weighted by molar-refractivity contribution is 4.52. The van der Waals surface area contributed by atoms with Crippen LogP contribution in [-0.2, 0) is 0 Å². The number of rotatable bonds is 9. The van der Waals surface area contributed by atoms with Crippen molar-refractivity contribution in [2.24, 2.45) is 11.8 Å². The minimum absolute atomic E-state index is 0.332. The summed E-state index contributed by atoms with van der Waals surface area (Å²) < 4.78 is 0. The molecule has 0 aromatic heterocycles. The van der Waals surface area contributed by atoms with Crippen LogP contribution in [-0.4, -0.2) is 23.4 Å². The molecule has 0 aliphatic heterocycles. The Kier molecular flexibility index (Phi) is 18.0. The van der Waals surface area contributed by atoms with E-state index < -0.39 is 0 Å². The lowest BCUT2D eigenvalue weighted by molar-refractivity contribution is 0.218. The van der Waals surface area contributed by atoms with E-state index in [1.54, 1.807) is 0 Å². The van der Waals surface area contributed by atoms with Gasteiger partial charge in [0.2, 0.25) is 0 Å². The van der Waals surface area contributed by atoms with Crippen LogP contribution in [0, 0.1) is 11.8 Å². The van der Waals surface area contributed by atoms with Crippen LogP contribution in [0.15, 0.2) is 0 Å². The molecule has 0 fully saturated rings. The summed E-state index contributed by atoms with van der Waals surface area (Å²) in [5.41, 5.74) is 0. The highest BCUT2D eigenvalue weighted by atomic mass is 16.3. The van der Waals surface area contributed by atoms with E-state index in [4.69, 9.17) is 10.2 Å². The van der Waals surface area contributed by atoms with Crippen LogP contribution in [0.3, 0.4) is 0 Å². The van der Waals surface area contributed by atoms with Gasteiger partial charge in [0.25, 0.3) is 0 Å². The minimum atomic E-state index is 0.332. The van der Waals surface area contributed by atoms with E-state index in [9.17, 15) is 0 Å². The summed E-state index contributed by atoms with van der Waals surface area (Å²) in [6.45, 7) is 9.33. The molecule has 0 amide bonds. The van der Waals surface area contributed by atoms with E-state index in [0.29, 0.717) is 19.1 Å². The Morgan fingerprint density at radius 2 is 1.35 bits per heavy atom. The van der Waals surface area contributed by atoms with E-state index >= 15 is 0 Å². The van der Waals surface area contributed by atoms with Crippen molar-refractivity contribution < 1.29 is 10.2 Å². The third-order valence-electron chi connectivity index (χ3n) is 2.70. The molecule has 1 atom stereocenters. The molecule has 2 heteroatoms. The van der Waals surface area contributed by atoms with E-state index in [1.807, 2.05) is 0 Å². The second-order valence-corrected chi connectivity index (χ2v) is 5.41. The molecule has 0 bridgehead atoms. The molecule has 17 heavy (non-hydrogen) atoms. The molecule has 0 rings (SSSR count). The molecule has 0 heterocycles. The van der Waals surface area contributed by atoms with Gasteiger partial charge >= 0.3 is 0 Å². The normalized spacial score (nSPS) is 12.2. The SMILES string of the molecule is CC(C)CC(C)CO.CCCCCCCCO. The monoisotopic (exact) mass is 246 g/mol. The van der Waals surface area contributed by atoms with E-state index in [0.717, 1.165) is 18.8 Å². The summed E-state index contributed by atoms with van der Waals surface area (Å²) in [5, 5.41) is 17.0. The summed E-state index contributed by atoms with van der Waals surface area (Å²) in [5.74, 6) is 1.20. The highest BCUT2D eigenvalue weighted by Gasteiger charge is 2.01. The number of unbranched alkanes of at least 4 members (excludes halogenated alkanes) is 5. The second kappa shape index (κ2) is 15.9. The first-order chi connectivity index (χ1) is 8.08. The van der Waals surface area contributed by atoms with Crippen molar-refractivity contribution >= 4 is 0 Å². The zero-order valence-electron chi connectivity index (χ0n) is 12.4. The lowest BCUT2D eigenvalue weighted by Crippen LogP contribution is -2.03. The van der Waals surface area contributed by atoms with Crippen LogP contribution in [0.1, 0.15) is 72.6 Å². The fourth-order valence-corrected chi connectivity index (χ4v) is 1.77. The van der Waals surface area contributed by atoms with Crippen LogP contribution < -0.4 is 0 Å². The zero-order chi connectivity index (χ0) is 13.5. The van der Waals surface area contributed by atoms with Gasteiger partial charge in [-0.15, -0.1) is 0 Å². The highest BCUT2D eigenvalue weighted by Crippen LogP contribution is 2.08. The van der Waals surface area contributed by atoms with Gasteiger partial charge < -0.3 is 10.2 Å². The van der Waals surface area contributed by atoms with Gasteiger partial charge in [-0.3, -0.25) is 0 Å². The maximum Gasteiger partial charge on any atom is 0.0456 e. The van der Waals surface area contributed by atoms with Crippen LogP contribution in [0.5, 0.6) is 0 Å². The molecule has 2 nitrogen and oxygen atoms in total. The minimum Gasteiger partial charge on any atom is -0.396 e. The number of hydrogen-bond acceptors (Lipinski definition) is 2. The molecule has 0 spiro atoms. The van der Waals surface area contributed by atoms with Crippen molar-refractivity contribution in [3.05, 3.63) is 0 Å². The zero-order valence-corrected chi connectivity index (χ0v) is 12.4. The maximum absolute atomic E-state index is 8.58. The summed E-state index contributed by atoms with van der Waals surface area (Å²) in [6.07, 6.45) is 8.63. The molecule has 2 N–H and O–H groups in total. The van der Waals surface area contributed by atoms with E-state index in [-0.39, 0.29) is 0 Å². The Balaban J connectivity index is 0. The van der Waals surface area contributed by atoms with Gasteiger partial charge in [-0.05, 0) is 24.7 Å². The largest absolute Gasteiger partial charge is 0.396 e. The Labute approximate surface area is 108 Å². The number of aliphatic hydroxyl groups is 2. The molecule has 1 unspecified atom stereocenters. The maximum atomic E-state index is 8.58. The van der Waals surface area contributed by atoms with Gasteiger partial charge in [0.15, 0.2) is 0 Å². The average molecular weight is 246 g/mol. The Morgan fingerprint density at radius 1 is 0.824 bits per heavy atom. The molecular formula is C15H34O2. The fraction of sp³-hybridized carbons (Fsp3) is 1.00. The predicted octanol–water partition coefficient (Wildman–Crippen LogP) is 4.00. The number of aliphatic hydroxyl groups excluding tert-OH is 2. The second-order valence-electron chi connectivity index (χ2n) is 5.41. The van der Waals surface area contributed by atoms with Crippen molar-refractivity contribution in [2.45, 2.75) is 72.6 Å². The molecule has 0 aromatic rings. The van der Waals surface area contributed by atoms with Gasteiger partial charge in [-0.1, -0.05) is 59.8 Å². The van der Waals surface area contributed by atoms with Crippen LogP contribution in [0.2, 0.25) is 0 Å². The standard InChI is InChI=1S/C8H18O.C7H16O/c1-2-3-4-5-6-7-8-9;1-6(2)4-7(3)5-8/h9H,2-8H2,1H3;6-8H,4-5H2,1-3H3. The lowest BCUT2D eigenvalue weighted by atomic mass is 10.0. The van der Waals surface area contributed by atoms with Gasteiger partial charge in [-0.2, -0.15) is 0 Å². The number of hydrogen-bond donors (Lipinski definition) is 2. The fourth-order valence-electron chi connectivity index (χ4n) is 1.77. The molecule has 0 radical (unpaired) electrons. The summed E-state index contributed by atoms with van der Waals surface area (Å²) in [6, 6.07) is 0. The quantitative estimate of drug-likeness (QED) is 0.604. The van der Waals surface area contributed by atoms with Crippen molar-refractivity contribution in [1.29, 1.82) is 0 Å². The van der Waals surface area contributed by atoms with Gasteiger partial charge in [0, 0.05) is 13.2 Å². The Morgan fingerprint density at radius 3 is 1.71 bits per heavy atom. The topological polar surface area (TPSA) is 40.5 Å². The van der Waals surface area contributed by atoms with Crippen molar-refractivity contribution in [3.63, 3.8) is 0 Å². The molecule has 0 aliphatic rings. The summed E-state index contributed by atoms with van der Waals surface area (Å²) in [4.78, 5) is 0. The molecule has 0 saturated heterocycles. The third kappa shape index (κ3) is 21.7. The van der Waals surface area contributed by atoms with Crippen molar-refractivity contribution in [3.8, 4) is 0 Å². The third-order valence-corrected chi connectivity index (χ3v) is 2.70. The predicted molar refractivity (Wildman–Crippen MR) is 76.2 cm³/mol. The van der Waals surface area contributed by atoms with Crippen molar-refractivity contribution in [2.75, 3.05) is 13.2 Å². The van der Waals surface area contributed by atoms with Crippen LogP contribution in [0.25, 0.3) is 0 Å². The molecule has 0 aliphatic carbocycles. The molecular weight excluding hydrogens is 212 g/mol. The van der Waals surface area contributed by atoms with Crippen molar-refractivity contribution in [1.82, 2.24) is 0 Å². The first-order valence-corrected chi connectivity index (χ1v) is 7.30. The van der Waals surface area contributed by atoms with E-state index in [2.05, 4.69) is 27.7 Å².